The number of nitrogens with zero attached hydrogens (tertiary/aromatic N) is 1. The Hall–Kier alpha value is -3.09. The fraction of sp³-hybridized carbons (Fsp3) is 0.167. The molecule has 0 saturated carbocycles. The molecule has 0 aliphatic carbocycles. The number of carboxylic acid groups (broad SMARTS) is 1. The average Bonchev–Trinajstić information content (AvgIpc) is 2.77. The summed E-state index contributed by atoms with van der Waals surface area (Å²) in [7, 11) is 0. The zero-order chi connectivity index (χ0) is 21.3. The van der Waals surface area contributed by atoms with Crippen LogP contribution in [0.1, 0.15) is 41.2 Å². The van der Waals surface area contributed by atoms with Crippen LogP contribution in [0.15, 0.2) is 88.8 Å². The molecule has 0 amide bonds. The standard InChI is InChI=1S/C24H25N3O2S/c1-17(30-22-12-6-11-21(14-22)26-16-27-25)19-9-5-10-20(13-19)23(15-24(28)29)18-7-3-2-4-8-18/h2-14,16-17,23H,15,25H2,1H3,(H,26,27)(H,28,29). The van der Waals surface area contributed by atoms with Crippen molar-refractivity contribution in [1.29, 1.82) is 0 Å². The molecule has 0 fully saturated rings. The van der Waals surface area contributed by atoms with Crippen molar-refractivity contribution < 1.29 is 9.90 Å². The maximum atomic E-state index is 11.5. The van der Waals surface area contributed by atoms with E-state index in [1.54, 1.807) is 11.8 Å². The number of carboxylic acids is 1. The quantitative estimate of drug-likeness (QED) is 0.145. The number of aliphatic carboxylic acids is 1. The van der Waals surface area contributed by atoms with E-state index >= 15 is 0 Å². The fourth-order valence-electron chi connectivity index (χ4n) is 3.34. The largest absolute Gasteiger partial charge is 0.481 e. The second-order valence-corrected chi connectivity index (χ2v) is 8.33. The van der Waals surface area contributed by atoms with Crippen molar-refractivity contribution in [1.82, 2.24) is 5.43 Å². The highest BCUT2D eigenvalue weighted by atomic mass is 32.2. The summed E-state index contributed by atoms with van der Waals surface area (Å²) < 4.78 is 0. The van der Waals surface area contributed by atoms with Crippen LogP contribution in [0.3, 0.4) is 0 Å². The first kappa shape index (κ1) is 21.6. The van der Waals surface area contributed by atoms with Crippen LogP contribution >= 0.6 is 11.8 Å². The average molecular weight is 420 g/mol. The smallest absolute Gasteiger partial charge is 0.304 e. The zero-order valence-electron chi connectivity index (χ0n) is 16.7. The molecule has 2 atom stereocenters. The molecule has 3 rings (SSSR count). The Kier molecular flexibility index (Phi) is 7.65. The van der Waals surface area contributed by atoms with Crippen molar-refractivity contribution in [3.63, 3.8) is 0 Å². The van der Waals surface area contributed by atoms with Gasteiger partial charge in [-0.3, -0.25) is 4.79 Å². The fourth-order valence-corrected chi connectivity index (χ4v) is 4.37. The van der Waals surface area contributed by atoms with Gasteiger partial charge in [-0.05, 0) is 41.8 Å². The molecule has 30 heavy (non-hydrogen) atoms. The van der Waals surface area contributed by atoms with Gasteiger partial charge in [-0.15, -0.1) is 11.8 Å². The van der Waals surface area contributed by atoms with E-state index < -0.39 is 5.97 Å². The van der Waals surface area contributed by atoms with Gasteiger partial charge < -0.3 is 10.5 Å². The van der Waals surface area contributed by atoms with Gasteiger partial charge in [0.05, 0.1) is 12.1 Å². The predicted molar refractivity (Wildman–Crippen MR) is 123 cm³/mol. The van der Waals surface area contributed by atoms with E-state index in [2.05, 4.69) is 35.5 Å². The molecule has 6 heteroatoms. The maximum absolute atomic E-state index is 11.5. The van der Waals surface area contributed by atoms with Crippen molar-refractivity contribution in [3.05, 3.63) is 95.6 Å². The predicted octanol–water partition coefficient (Wildman–Crippen LogP) is 5.27. The number of benzene rings is 3. The van der Waals surface area contributed by atoms with Crippen LogP contribution in [0.5, 0.6) is 0 Å². The summed E-state index contributed by atoms with van der Waals surface area (Å²) in [5.74, 6) is 4.26. The number of hydrogen-bond donors (Lipinski definition) is 3. The minimum Gasteiger partial charge on any atom is -0.481 e. The minimum atomic E-state index is -0.805. The van der Waals surface area contributed by atoms with E-state index in [4.69, 9.17) is 5.84 Å². The number of rotatable bonds is 9. The van der Waals surface area contributed by atoms with Crippen LogP contribution < -0.4 is 11.3 Å². The molecule has 4 N–H and O–H groups in total. The van der Waals surface area contributed by atoms with Gasteiger partial charge in [0.25, 0.3) is 0 Å². The summed E-state index contributed by atoms with van der Waals surface area (Å²) in [5.41, 5.74) is 6.41. The molecule has 0 aliphatic heterocycles. The minimum absolute atomic E-state index is 0.0597. The molecule has 5 nitrogen and oxygen atoms in total. The van der Waals surface area contributed by atoms with Gasteiger partial charge in [0.2, 0.25) is 0 Å². The summed E-state index contributed by atoms with van der Waals surface area (Å²) in [4.78, 5) is 16.8. The van der Waals surface area contributed by atoms with Gasteiger partial charge in [-0.2, -0.15) is 0 Å². The molecule has 0 spiro atoms. The molecule has 0 bridgehead atoms. The first-order chi connectivity index (χ1) is 14.6. The Balaban J connectivity index is 1.83. The molecule has 3 aromatic rings. The van der Waals surface area contributed by atoms with Crippen LogP contribution in [0.2, 0.25) is 0 Å². The topological polar surface area (TPSA) is 87.7 Å². The lowest BCUT2D eigenvalue weighted by molar-refractivity contribution is -0.137. The van der Waals surface area contributed by atoms with Crippen molar-refractivity contribution in [2.75, 3.05) is 0 Å². The second kappa shape index (κ2) is 10.6. The highest BCUT2D eigenvalue weighted by Crippen LogP contribution is 2.38. The van der Waals surface area contributed by atoms with E-state index in [1.165, 1.54) is 6.34 Å². The van der Waals surface area contributed by atoms with Gasteiger partial charge in [-0.25, -0.2) is 10.8 Å². The second-order valence-electron chi connectivity index (χ2n) is 6.91. The zero-order valence-corrected chi connectivity index (χ0v) is 17.5. The summed E-state index contributed by atoms with van der Waals surface area (Å²) >= 11 is 1.73. The van der Waals surface area contributed by atoms with Crippen LogP contribution in [0.25, 0.3) is 0 Å². The molecule has 0 radical (unpaired) electrons. The number of hydrogen-bond acceptors (Lipinski definition) is 4. The summed E-state index contributed by atoms with van der Waals surface area (Å²) in [6.07, 6.45) is 1.51. The molecule has 2 unspecified atom stereocenters. The molecule has 0 saturated heterocycles. The highest BCUT2D eigenvalue weighted by Gasteiger charge is 2.19. The monoisotopic (exact) mass is 419 g/mol. The molecule has 3 aromatic carbocycles. The number of thioether (sulfide) groups is 1. The molecular formula is C24H25N3O2S. The summed E-state index contributed by atoms with van der Waals surface area (Å²) in [6, 6.07) is 26.0. The van der Waals surface area contributed by atoms with Gasteiger partial charge in [-0.1, -0.05) is 60.7 Å². The van der Waals surface area contributed by atoms with Crippen molar-refractivity contribution in [2.24, 2.45) is 10.8 Å². The van der Waals surface area contributed by atoms with E-state index in [0.717, 1.165) is 27.3 Å². The lowest BCUT2D eigenvalue weighted by Crippen LogP contribution is -2.18. The normalized spacial score (nSPS) is 13.1. The van der Waals surface area contributed by atoms with Crippen LogP contribution in [0.4, 0.5) is 5.69 Å². The molecule has 154 valence electrons. The maximum Gasteiger partial charge on any atom is 0.304 e. The Bertz CT molecular complexity index is 1010. The third-order valence-electron chi connectivity index (χ3n) is 4.78. The van der Waals surface area contributed by atoms with Gasteiger partial charge in [0, 0.05) is 16.1 Å². The lowest BCUT2D eigenvalue weighted by atomic mass is 9.87. The lowest BCUT2D eigenvalue weighted by Gasteiger charge is -2.19. The number of hydrazine groups is 1. The van der Waals surface area contributed by atoms with Gasteiger partial charge in [0.15, 0.2) is 0 Å². The van der Waals surface area contributed by atoms with E-state index in [9.17, 15) is 9.90 Å². The molecular weight excluding hydrogens is 394 g/mol. The Morgan fingerprint density at radius 2 is 1.73 bits per heavy atom. The van der Waals surface area contributed by atoms with Gasteiger partial charge >= 0.3 is 5.97 Å². The first-order valence-electron chi connectivity index (χ1n) is 9.69. The molecule has 0 aromatic heterocycles. The Labute approximate surface area is 181 Å². The molecule has 0 heterocycles. The molecule has 0 aliphatic rings. The summed E-state index contributed by atoms with van der Waals surface area (Å²) in [6.45, 7) is 2.15. The number of nitrogens with one attached hydrogen (secondary N) is 1. The number of carbonyl (C=O) groups is 1. The first-order valence-corrected chi connectivity index (χ1v) is 10.6. The van der Waals surface area contributed by atoms with Crippen LogP contribution in [-0.2, 0) is 4.79 Å². The Morgan fingerprint density at radius 3 is 2.47 bits per heavy atom. The number of aliphatic imine (C=N–C) groups is 1. The van der Waals surface area contributed by atoms with Crippen molar-refractivity contribution >= 4 is 29.8 Å². The van der Waals surface area contributed by atoms with Crippen LogP contribution in [0, 0.1) is 0 Å². The third kappa shape index (κ3) is 5.95. The van der Waals surface area contributed by atoms with E-state index in [1.807, 2.05) is 60.7 Å². The van der Waals surface area contributed by atoms with Crippen molar-refractivity contribution in [2.45, 2.75) is 29.4 Å². The van der Waals surface area contributed by atoms with E-state index in [-0.39, 0.29) is 17.6 Å². The van der Waals surface area contributed by atoms with Crippen LogP contribution in [-0.4, -0.2) is 17.4 Å². The SMILES string of the molecule is CC(Sc1cccc(N=CNN)c1)c1cccc(C(CC(=O)O)c2ccccc2)c1. The summed E-state index contributed by atoms with van der Waals surface area (Å²) in [5, 5.41) is 9.63. The highest BCUT2D eigenvalue weighted by molar-refractivity contribution is 7.99. The van der Waals surface area contributed by atoms with Crippen molar-refractivity contribution in [3.8, 4) is 0 Å². The Morgan fingerprint density at radius 1 is 1.03 bits per heavy atom. The number of nitrogens with two attached hydrogens (primary N) is 1. The third-order valence-corrected chi connectivity index (χ3v) is 5.93. The van der Waals surface area contributed by atoms with Gasteiger partial charge in [0.1, 0.15) is 6.34 Å². The van der Waals surface area contributed by atoms with E-state index in [0.29, 0.717) is 0 Å².